The Bertz CT molecular complexity index is 792. The monoisotopic (exact) mass is 372 g/mol. The molecule has 0 heterocycles. The van der Waals surface area contributed by atoms with Crippen molar-refractivity contribution in [3.8, 4) is 0 Å². The molecule has 0 spiro atoms. The van der Waals surface area contributed by atoms with Gasteiger partial charge in [-0.1, -0.05) is 15.9 Å². The van der Waals surface area contributed by atoms with Crippen molar-refractivity contribution in [1.29, 1.82) is 0 Å². The molecule has 2 aromatic rings. The van der Waals surface area contributed by atoms with Gasteiger partial charge in [-0.25, -0.2) is 17.9 Å². The lowest BCUT2D eigenvalue weighted by Gasteiger charge is -2.10. The number of carbonyl (C=O) groups excluding carboxylic acids is 1. The molecule has 0 aromatic heterocycles. The highest BCUT2D eigenvalue weighted by molar-refractivity contribution is 9.10. The van der Waals surface area contributed by atoms with E-state index in [-0.39, 0.29) is 10.6 Å². The maximum absolute atomic E-state index is 13.2. The van der Waals surface area contributed by atoms with Gasteiger partial charge in [0.15, 0.2) is 0 Å². The Morgan fingerprint density at radius 1 is 1.14 bits per heavy atom. The quantitative estimate of drug-likeness (QED) is 0.866. The second-order valence-electron chi connectivity index (χ2n) is 4.15. The van der Waals surface area contributed by atoms with Gasteiger partial charge in [0.05, 0.1) is 5.69 Å². The molecule has 0 saturated carbocycles. The van der Waals surface area contributed by atoms with Crippen LogP contribution in [0.4, 0.5) is 10.1 Å². The predicted molar refractivity (Wildman–Crippen MR) is 79.9 cm³/mol. The highest BCUT2D eigenvalue weighted by Gasteiger charge is 2.17. The molecule has 0 bridgehead atoms. The number of amides is 1. The maximum atomic E-state index is 13.2. The molecule has 0 aliphatic rings. The normalized spacial score (nSPS) is 11.2. The number of nitrogens with one attached hydrogen (secondary N) is 1. The number of hydrogen-bond acceptors (Lipinski definition) is 3. The van der Waals surface area contributed by atoms with Crippen LogP contribution in [0.15, 0.2) is 51.8 Å². The van der Waals surface area contributed by atoms with Gasteiger partial charge < -0.3 is 5.32 Å². The van der Waals surface area contributed by atoms with E-state index in [1.54, 1.807) is 12.1 Å². The molecule has 0 unspecified atom stereocenters. The molecule has 2 rings (SSSR count). The lowest BCUT2D eigenvalue weighted by atomic mass is 10.2. The van der Waals surface area contributed by atoms with E-state index in [0.717, 1.165) is 22.7 Å². The first-order chi connectivity index (χ1) is 9.77. The zero-order chi connectivity index (χ0) is 15.6. The van der Waals surface area contributed by atoms with Crippen molar-refractivity contribution < 1.29 is 17.6 Å². The summed E-state index contributed by atoms with van der Waals surface area (Å²) >= 11 is 3.23. The van der Waals surface area contributed by atoms with E-state index in [2.05, 4.69) is 21.2 Å². The Kier molecular flexibility index (Phi) is 4.40. The molecule has 0 saturated heterocycles. The highest BCUT2D eigenvalue weighted by atomic mass is 79.9. The lowest BCUT2D eigenvalue weighted by molar-refractivity contribution is 0.102. The van der Waals surface area contributed by atoms with E-state index in [1.165, 1.54) is 12.1 Å². The topological polar surface area (TPSA) is 89.3 Å². The number of primary sulfonamides is 1. The molecular formula is C13H10BrFN2O3S. The van der Waals surface area contributed by atoms with E-state index in [0.29, 0.717) is 5.56 Å². The number of nitrogens with two attached hydrogens (primary N) is 1. The largest absolute Gasteiger partial charge is 0.321 e. The molecule has 8 heteroatoms. The summed E-state index contributed by atoms with van der Waals surface area (Å²) in [5.41, 5.74) is 0.0910. The first-order valence-corrected chi connectivity index (χ1v) is 8.00. The number of halogens is 2. The first-order valence-electron chi connectivity index (χ1n) is 5.66. The smallest absolute Gasteiger partial charge is 0.255 e. The van der Waals surface area contributed by atoms with Crippen molar-refractivity contribution in [2.45, 2.75) is 4.90 Å². The Labute approximate surface area is 129 Å². The third-order valence-electron chi connectivity index (χ3n) is 2.60. The SMILES string of the molecule is NS(=O)(=O)c1ccc(F)cc1NC(=O)c1ccc(Br)cc1. The van der Waals surface area contributed by atoms with E-state index < -0.39 is 21.7 Å². The molecule has 0 aliphatic heterocycles. The van der Waals surface area contributed by atoms with Crippen molar-refractivity contribution >= 4 is 37.5 Å². The summed E-state index contributed by atoms with van der Waals surface area (Å²) in [6, 6.07) is 9.24. The van der Waals surface area contributed by atoms with Gasteiger partial charge in [0, 0.05) is 10.0 Å². The maximum Gasteiger partial charge on any atom is 0.255 e. The van der Waals surface area contributed by atoms with Gasteiger partial charge in [-0.2, -0.15) is 0 Å². The summed E-state index contributed by atoms with van der Waals surface area (Å²) in [5, 5.41) is 7.37. The van der Waals surface area contributed by atoms with Crippen LogP contribution in [0.1, 0.15) is 10.4 Å². The summed E-state index contributed by atoms with van der Waals surface area (Å²) in [6.07, 6.45) is 0. The van der Waals surface area contributed by atoms with E-state index in [9.17, 15) is 17.6 Å². The minimum absolute atomic E-state index is 0.203. The van der Waals surface area contributed by atoms with Crippen LogP contribution in [-0.4, -0.2) is 14.3 Å². The van der Waals surface area contributed by atoms with Gasteiger partial charge in [0.25, 0.3) is 5.91 Å². The van der Waals surface area contributed by atoms with Crippen LogP contribution in [0.25, 0.3) is 0 Å². The molecule has 21 heavy (non-hydrogen) atoms. The predicted octanol–water partition coefficient (Wildman–Crippen LogP) is 2.49. The number of anilines is 1. The number of carbonyl (C=O) groups is 1. The minimum Gasteiger partial charge on any atom is -0.321 e. The van der Waals surface area contributed by atoms with E-state index >= 15 is 0 Å². The van der Waals surface area contributed by atoms with Crippen LogP contribution in [0, 0.1) is 5.82 Å². The van der Waals surface area contributed by atoms with Crippen LogP contribution < -0.4 is 10.5 Å². The Balaban J connectivity index is 2.37. The zero-order valence-electron chi connectivity index (χ0n) is 10.5. The summed E-state index contributed by atoms with van der Waals surface area (Å²) in [4.78, 5) is 11.7. The molecule has 5 nitrogen and oxygen atoms in total. The van der Waals surface area contributed by atoms with Crippen LogP contribution in [0.5, 0.6) is 0 Å². The molecule has 0 aliphatic carbocycles. The highest BCUT2D eigenvalue weighted by Crippen LogP contribution is 2.22. The van der Waals surface area contributed by atoms with Crippen molar-refractivity contribution in [3.63, 3.8) is 0 Å². The van der Waals surface area contributed by atoms with Crippen molar-refractivity contribution in [2.24, 2.45) is 5.14 Å². The lowest BCUT2D eigenvalue weighted by Crippen LogP contribution is -2.18. The third-order valence-corrected chi connectivity index (χ3v) is 4.10. The average molecular weight is 373 g/mol. The second-order valence-corrected chi connectivity index (χ2v) is 6.59. The summed E-state index contributed by atoms with van der Waals surface area (Å²) in [5.74, 6) is -1.26. The average Bonchev–Trinajstić information content (AvgIpc) is 2.38. The van der Waals surface area contributed by atoms with Crippen molar-refractivity contribution in [2.75, 3.05) is 5.32 Å². The first kappa shape index (κ1) is 15.6. The fraction of sp³-hybridized carbons (Fsp3) is 0. The molecule has 110 valence electrons. The fourth-order valence-electron chi connectivity index (χ4n) is 1.64. The van der Waals surface area contributed by atoms with Gasteiger partial charge >= 0.3 is 0 Å². The summed E-state index contributed by atoms with van der Waals surface area (Å²) in [6.45, 7) is 0. The summed E-state index contributed by atoms with van der Waals surface area (Å²) in [7, 11) is -4.07. The molecule has 2 aromatic carbocycles. The minimum atomic E-state index is -4.07. The fourth-order valence-corrected chi connectivity index (χ4v) is 2.58. The van der Waals surface area contributed by atoms with Crippen molar-refractivity contribution in [3.05, 3.63) is 58.3 Å². The van der Waals surface area contributed by atoms with E-state index in [1.807, 2.05) is 0 Å². The van der Waals surface area contributed by atoms with Gasteiger partial charge in [0.2, 0.25) is 10.0 Å². The summed E-state index contributed by atoms with van der Waals surface area (Å²) < 4.78 is 36.9. The van der Waals surface area contributed by atoms with Crippen molar-refractivity contribution in [1.82, 2.24) is 0 Å². The Morgan fingerprint density at radius 2 is 1.76 bits per heavy atom. The molecule has 3 N–H and O–H groups in total. The van der Waals surface area contributed by atoms with E-state index in [4.69, 9.17) is 5.14 Å². The molecule has 0 atom stereocenters. The molecular weight excluding hydrogens is 363 g/mol. The Hall–Kier alpha value is -1.77. The number of rotatable bonds is 3. The second kappa shape index (κ2) is 5.92. The molecule has 1 amide bonds. The van der Waals surface area contributed by atoms with Gasteiger partial charge in [-0.3, -0.25) is 4.79 Å². The third kappa shape index (κ3) is 3.87. The van der Waals surface area contributed by atoms with Crippen LogP contribution >= 0.6 is 15.9 Å². The van der Waals surface area contributed by atoms with Crippen LogP contribution in [0.3, 0.4) is 0 Å². The number of hydrogen-bond donors (Lipinski definition) is 2. The standard InChI is InChI=1S/C13H10BrFN2O3S/c14-9-3-1-8(2-4-9)13(18)17-11-7-10(15)5-6-12(11)21(16,19)20/h1-7H,(H,17,18)(H2,16,19,20). The Morgan fingerprint density at radius 3 is 2.33 bits per heavy atom. The van der Waals surface area contributed by atoms with Gasteiger partial charge in [-0.15, -0.1) is 0 Å². The zero-order valence-corrected chi connectivity index (χ0v) is 12.9. The molecule has 0 fully saturated rings. The van der Waals surface area contributed by atoms with Crippen LogP contribution in [-0.2, 0) is 10.0 Å². The van der Waals surface area contributed by atoms with Crippen LogP contribution in [0.2, 0.25) is 0 Å². The van der Waals surface area contributed by atoms with Gasteiger partial charge in [0.1, 0.15) is 10.7 Å². The molecule has 0 radical (unpaired) electrons. The van der Waals surface area contributed by atoms with Gasteiger partial charge in [-0.05, 0) is 42.5 Å². The number of benzene rings is 2. The number of sulfonamides is 1.